The summed E-state index contributed by atoms with van der Waals surface area (Å²) in [5.74, 6) is 0.942. The predicted octanol–water partition coefficient (Wildman–Crippen LogP) is 4.40. The fourth-order valence-electron chi connectivity index (χ4n) is 5.01. The maximum atomic E-state index is 12.1. The van der Waals surface area contributed by atoms with Gasteiger partial charge in [0.2, 0.25) is 11.9 Å². The normalized spacial score (nSPS) is 15.2. The Labute approximate surface area is 217 Å². The van der Waals surface area contributed by atoms with Gasteiger partial charge in [0, 0.05) is 35.3 Å². The number of nitrogens with two attached hydrogens (primary N) is 1. The third-order valence-electron chi connectivity index (χ3n) is 6.88. The smallest absolute Gasteiger partial charge is 0.249 e. The predicted molar refractivity (Wildman–Crippen MR) is 146 cm³/mol. The number of hydrogen-bond acceptors (Lipinski definition) is 6. The number of likely N-dealkylation sites (N-methyl/N-ethyl adjacent to an activating group) is 1. The van der Waals surface area contributed by atoms with E-state index in [0.717, 1.165) is 59.5 Å². The molecule has 0 spiro atoms. The van der Waals surface area contributed by atoms with E-state index in [4.69, 9.17) is 20.4 Å². The molecule has 4 aromatic rings. The maximum absolute atomic E-state index is 12.1. The number of nitrogens with one attached hydrogen (secondary N) is 1. The van der Waals surface area contributed by atoms with Crippen molar-refractivity contribution < 1.29 is 9.53 Å². The second kappa shape index (κ2) is 10.7. The highest BCUT2D eigenvalue weighted by molar-refractivity contribution is 6.06. The number of nitrogens with zero attached hydrogens (tertiary/aromatic N) is 4. The number of fused-ring (bicyclic) bond motifs is 2. The van der Waals surface area contributed by atoms with Crippen molar-refractivity contribution in [1.82, 2.24) is 19.4 Å². The first-order valence-corrected chi connectivity index (χ1v) is 12.8. The summed E-state index contributed by atoms with van der Waals surface area (Å²) in [5, 5.41) is 4.38. The lowest BCUT2D eigenvalue weighted by atomic mass is 9.93. The number of primary amides is 1. The van der Waals surface area contributed by atoms with Crippen LogP contribution in [-0.4, -0.2) is 52.6 Å². The quantitative estimate of drug-likeness (QED) is 0.355. The number of carbonyl (C=O) groups is 1. The summed E-state index contributed by atoms with van der Waals surface area (Å²) >= 11 is 0. The molecule has 0 fully saturated rings. The average Bonchev–Trinajstić information content (AvgIpc) is 3.23. The van der Waals surface area contributed by atoms with Crippen LogP contribution in [0.25, 0.3) is 16.9 Å². The summed E-state index contributed by atoms with van der Waals surface area (Å²) in [4.78, 5) is 24.3. The second-order valence-electron chi connectivity index (χ2n) is 9.85. The van der Waals surface area contributed by atoms with E-state index in [9.17, 15) is 4.79 Å². The van der Waals surface area contributed by atoms with Crippen LogP contribution in [-0.2, 0) is 17.7 Å². The molecule has 1 atom stereocenters. The SMILES string of the molecule is Cc1cc2c(C(N)=O)cccc2n1-c1nc(NCc2ccccc2)c2c(n1)[C@@H](OCCN(C)C)CCC2. The highest BCUT2D eigenvalue weighted by atomic mass is 16.5. The second-order valence-corrected chi connectivity index (χ2v) is 9.85. The van der Waals surface area contributed by atoms with Gasteiger partial charge in [-0.15, -0.1) is 0 Å². The first kappa shape index (κ1) is 24.9. The van der Waals surface area contributed by atoms with Crippen molar-refractivity contribution in [3.63, 3.8) is 0 Å². The summed E-state index contributed by atoms with van der Waals surface area (Å²) in [7, 11) is 4.09. The third-order valence-corrected chi connectivity index (χ3v) is 6.88. The van der Waals surface area contributed by atoms with E-state index in [1.54, 1.807) is 6.07 Å². The van der Waals surface area contributed by atoms with Crippen molar-refractivity contribution in [2.75, 3.05) is 32.6 Å². The molecule has 192 valence electrons. The minimum absolute atomic E-state index is 0.0916. The van der Waals surface area contributed by atoms with Gasteiger partial charge in [-0.2, -0.15) is 4.98 Å². The highest BCUT2D eigenvalue weighted by Gasteiger charge is 2.28. The van der Waals surface area contributed by atoms with Gasteiger partial charge in [0.15, 0.2) is 0 Å². The zero-order valence-corrected chi connectivity index (χ0v) is 21.7. The number of carbonyl (C=O) groups excluding carboxylic acids is 1. The van der Waals surface area contributed by atoms with Crippen molar-refractivity contribution in [1.29, 1.82) is 0 Å². The van der Waals surface area contributed by atoms with E-state index in [0.29, 0.717) is 24.7 Å². The molecule has 0 saturated carbocycles. The Bertz CT molecular complexity index is 1410. The molecule has 8 nitrogen and oxygen atoms in total. The van der Waals surface area contributed by atoms with E-state index in [1.807, 2.05) is 62.0 Å². The Morgan fingerprint density at radius 2 is 1.97 bits per heavy atom. The van der Waals surface area contributed by atoms with Crippen LogP contribution < -0.4 is 11.1 Å². The largest absolute Gasteiger partial charge is 0.371 e. The zero-order chi connectivity index (χ0) is 25.9. The van der Waals surface area contributed by atoms with Crippen LogP contribution in [0.15, 0.2) is 54.6 Å². The Kier molecular flexibility index (Phi) is 7.21. The first-order valence-electron chi connectivity index (χ1n) is 12.8. The van der Waals surface area contributed by atoms with Crippen LogP contribution in [0.3, 0.4) is 0 Å². The van der Waals surface area contributed by atoms with Crippen molar-refractivity contribution >= 4 is 22.6 Å². The van der Waals surface area contributed by atoms with Crippen LogP contribution in [0.5, 0.6) is 0 Å². The van der Waals surface area contributed by atoms with E-state index in [2.05, 4.69) is 22.3 Å². The molecule has 37 heavy (non-hydrogen) atoms. The fraction of sp³-hybridized carbons (Fsp3) is 0.345. The molecule has 1 aliphatic rings. The molecule has 0 aliphatic heterocycles. The van der Waals surface area contributed by atoms with Gasteiger partial charge in [0.25, 0.3) is 0 Å². The minimum atomic E-state index is -0.450. The summed E-state index contributed by atoms with van der Waals surface area (Å²) in [6.45, 7) is 4.14. The molecule has 1 amide bonds. The van der Waals surface area contributed by atoms with Crippen LogP contribution in [0, 0.1) is 6.92 Å². The molecule has 3 N–H and O–H groups in total. The van der Waals surface area contributed by atoms with Gasteiger partial charge in [-0.25, -0.2) is 4.98 Å². The van der Waals surface area contributed by atoms with E-state index < -0.39 is 5.91 Å². The molecule has 0 unspecified atom stereocenters. The molecule has 5 rings (SSSR count). The van der Waals surface area contributed by atoms with Crippen molar-refractivity contribution in [2.24, 2.45) is 5.73 Å². The summed E-state index contributed by atoms with van der Waals surface area (Å²) in [6.07, 6.45) is 2.76. The Morgan fingerprint density at radius 3 is 2.73 bits per heavy atom. The maximum Gasteiger partial charge on any atom is 0.249 e. The van der Waals surface area contributed by atoms with Gasteiger partial charge < -0.3 is 20.7 Å². The molecule has 1 aliphatic carbocycles. The third kappa shape index (κ3) is 5.21. The summed E-state index contributed by atoms with van der Waals surface area (Å²) in [6, 6.07) is 17.8. The van der Waals surface area contributed by atoms with Crippen molar-refractivity contribution in [3.05, 3.63) is 82.7 Å². The Hall–Kier alpha value is -3.75. The highest BCUT2D eigenvalue weighted by Crippen LogP contribution is 2.36. The van der Waals surface area contributed by atoms with Crippen molar-refractivity contribution in [2.45, 2.75) is 38.8 Å². The van der Waals surface area contributed by atoms with Gasteiger partial charge in [0.05, 0.1) is 17.8 Å². The van der Waals surface area contributed by atoms with Crippen LogP contribution in [0.4, 0.5) is 5.82 Å². The average molecular weight is 499 g/mol. The fourth-order valence-corrected chi connectivity index (χ4v) is 5.01. The number of amides is 1. The number of aromatic nitrogens is 3. The number of benzene rings is 2. The number of anilines is 1. The topological polar surface area (TPSA) is 98.3 Å². The van der Waals surface area contributed by atoms with E-state index in [1.165, 1.54) is 5.56 Å². The molecular formula is C29H34N6O2. The minimum Gasteiger partial charge on any atom is -0.371 e. The van der Waals surface area contributed by atoms with Gasteiger partial charge >= 0.3 is 0 Å². The van der Waals surface area contributed by atoms with Gasteiger partial charge in [-0.1, -0.05) is 36.4 Å². The lowest BCUT2D eigenvalue weighted by Gasteiger charge is -2.27. The van der Waals surface area contributed by atoms with E-state index >= 15 is 0 Å². The van der Waals surface area contributed by atoms with E-state index in [-0.39, 0.29) is 6.10 Å². The molecule has 0 saturated heterocycles. The van der Waals surface area contributed by atoms with Crippen LogP contribution >= 0.6 is 0 Å². The number of rotatable bonds is 9. The lowest BCUT2D eigenvalue weighted by molar-refractivity contribution is 0.0296. The number of hydrogen-bond donors (Lipinski definition) is 2. The Morgan fingerprint density at radius 1 is 1.16 bits per heavy atom. The molecule has 2 heterocycles. The molecule has 0 bridgehead atoms. The molecule has 2 aromatic carbocycles. The standard InChI is InChI=1S/C29H34N6O2/c1-19-17-23-21(27(30)36)11-7-13-24(23)35(19)29-32-26-22(12-8-14-25(26)37-16-15-34(2)3)28(33-29)31-18-20-9-5-4-6-10-20/h4-7,9-11,13,17,25H,8,12,14-16,18H2,1-3H3,(H2,30,36)(H,31,32,33)/t25-/m0/s1. The van der Waals surface area contributed by atoms with Gasteiger partial charge in [-0.05, 0) is 64.0 Å². The van der Waals surface area contributed by atoms with Crippen molar-refractivity contribution in [3.8, 4) is 5.95 Å². The van der Waals surface area contributed by atoms with Crippen LogP contribution in [0.2, 0.25) is 0 Å². The summed E-state index contributed by atoms with van der Waals surface area (Å²) in [5.41, 5.74) is 11.2. The molecule has 0 radical (unpaired) electrons. The number of aryl methyl sites for hydroxylation is 1. The molecule has 8 heteroatoms. The van der Waals surface area contributed by atoms with Gasteiger partial charge in [-0.3, -0.25) is 9.36 Å². The Balaban J connectivity index is 1.61. The van der Waals surface area contributed by atoms with Gasteiger partial charge in [0.1, 0.15) is 11.9 Å². The first-order chi connectivity index (χ1) is 17.9. The monoisotopic (exact) mass is 498 g/mol. The molecular weight excluding hydrogens is 464 g/mol. The lowest BCUT2D eigenvalue weighted by Crippen LogP contribution is -2.24. The molecule has 2 aromatic heterocycles. The summed E-state index contributed by atoms with van der Waals surface area (Å²) < 4.78 is 8.35. The zero-order valence-electron chi connectivity index (χ0n) is 21.7. The number of ether oxygens (including phenoxy) is 1. The van der Waals surface area contributed by atoms with Crippen LogP contribution in [0.1, 0.15) is 51.8 Å².